The van der Waals surface area contributed by atoms with Crippen molar-refractivity contribution in [2.75, 3.05) is 0 Å². The van der Waals surface area contributed by atoms with E-state index in [1.807, 2.05) is 42.5 Å². The highest BCUT2D eigenvalue weighted by Crippen LogP contribution is 2.19. The van der Waals surface area contributed by atoms with E-state index in [9.17, 15) is 0 Å². The zero-order valence-electron chi connectivity index (χ0n) is 11.2. The van der Waals surface area contributed by atoms with Crippen LogP contribution in [0.15, 0.2) is 54.6 Å². The normalized spacial score (nSPS) is 10.8. The quantitative estimate of drug-likeness (QED) is 0.644. The molecule has 0 saturated heterocycles. The third-order valence-electron chi connectivity index (χ3n) is 3.18. The molecule has 5 heteroatoms. The molecular formula is C16H13BrClN3. The Kier molecular flexibility index (Phi) is 4.36. The molecule has 0 spiro atoms. The van der Waals surface area contributed by atoms with E-state index >= 15 is 0 Å². The molecule has 2 aromatic carbocycles. The fourth-order valence-corrected chi connectivity index (χ4v) is 2.84. The molecule has 0 saturated carbocycles. The maximum atomic E-state index is 6.05. The summed E-state index contributed by atoms with van der Waals surface area (Å²) < 4.78 is 2.08. The molecule has 0 aliphatic carbocycles. The number of benzene rings is 2. The van der Waals surface area contributed by atoms with Crippen molar-refractivity contribution in [3.05, 3.63) is 76.8 Å². The van der Waals surface area contributed by atoms with Gasteiger partial charge in [0.2, 0.25) is 0 Å². The number of aromatic nitrogens is 3. The van der Waals surface area contributed by atoms with E-state index in [2.05, 4.69) is 42.8 Å². The van der Waals surface area contributed by atoms with E-state index in [1.54, 1.807) is 0 Å². The fourth-order valence-electron chi connectivity index (χ4n) is 2.26. The highest BCUT2D eigenvalue weighted by molar-refractivity contribution is 9.08. The summed E-state index contributed by atoms with van der Waals surface area (Å²) in [7, 11) is 0. The molecule has 0 aliphatic heterocycles. The van der Waals surface area contributed by atoms with Gasteiger partial charge in [-0.3, -0.25) is 4.57 Å². The second-order valence-electron chi connectivity index (χ2n) is 4.64. The van der Waals surface area contributed by atoms with Gasteiger partial charge in [-0.1, -0.05) is 57.9 Å². The summed E-state index contributed by atoms with van der Waals surface area (Å²) >= 11 is 9.52. The van der Waals surface area contributed by atoms with Gasteiger partial charge in [0.15, 0.2) is 0 Å². The molecule has 106 valence electrons. The van der Waals surface area contributed by atoms with E-state index in [0.29, 0.717) is 11.8 Å². The average molecular weight is 363 g/mol. The van der Waals surface area contributed by atoms with Crippen molar-refractivity contribution in [1.29, 1.82) is 0 Å². The van der Waals surface area contributed by atoms with Gasteiger partial charge >= 0.3 is 0 Å². The van der Waals surface area contributed by atoms with Crippen LogP contribution in [0.4, 0.5) is 0 Å². The van der Waals surface area contributed by atoms with Crippen molar-refractivity contribution in [3.8, 4) is 5.69 Å². The lowest BCUT2D eigenvalue weighted by Gasteiger charge is -2.09. The van der Waals surface area contributed by atoms with Crippen LogP contribution in [-0.4, -0.2) is 14.8 Å². The number of hydrogen-bond acceptors (Lipinski definition) is 2. The first-order chi connectivity index (χ1) is 10.3. The Morgan fingerprint density at radius 1 is 0.952 bits per heavy atom. The molecule has 21 heavy (non-hydrogen) atoms. The largest absolute Gasteiger partial charge is 0.282 e. The smallest absolute Gasteiger partial charge is 0.148 e. The molecule has 0 amide bonds. The van der Waals surface area contributed by atoms with Gasteiger partial charge in [-0.25, -0.2) is 0 Å². The highest BCUT2D eigenvalue weighted by Gasteiger charge is 2.13. The van der Waals surface area contributed by atoms with Gasteiger partial charge in [-0.05, 0) is 29.8 Å². The van der Waals surface area contributed by atoms with E-state index in [0.717, 1.165) is 27.9 Å². The standard InChI is InChI=1S/C16H13BrClN3/c17-11-16-20-19-15(10-12-5-4-6-13(18)9-12)21(16)14-7-2-1-3-8-14/h1-9H,10-11H2. The Bertz CT molecular complexity index is 740. The first-order valence-electron chi connectivity index (χ1n) is 6.57. The fraction of sp³-hybridized carbons (Fsp3) is 0.125. The SMILES string of the molecule is Clc1cccc(Cc2nnc(CBr)n2-c2ccccc2)c1. The minimum atomic E-state index is 0.657. The predicted molar refractivity (Wildman–Crippen MR) is 88.2 cm³/mol. The average Bonchev–Trinajstić information content (AvgIpc) is 2.91. The maximum Gasteiger partial charge on any atom is 0.148 e. The summed E-state index contributed by atoms with van der Waals surface area (Å²) in [5.41, 5.74) is 2.18. The minimum Gasteiger partial charge on any atom is -0.282 e. The summed E-state index contributed by atoms with van der Waals surface area (Å²) in [5.74, 6) is 1.79. The summed E-state index contributed by atoms with van der Waals surface area (Å²) in [6.07, 6.45) is 0.690. The number of halogens is 2. The van der Waals surface area contributed by atoms with E-state index in [4.69, 9.17) is 11.6 Å². The summed E-state index contributed by atoms with van der Waals surface area (Å²) in [4.78, 5) is 0. The molecule has 0 bridgehead atoms. The second kappa shape index (κ2) is 6.41. The van der Waals surface area contributed by atoms with Crippen LogP contribution in [-0.2, 0) is 11.8 Å². The Labute approximate surface area is 136 Å². The van der Waals surface area contributed by atoms with Crippen LogP contribution >= 0.6 is 27.5 Å². The molecule has 0 fully saturated rings. The number of hydrogen-bond donors (Lipinski definition) is 0. The van der Waals surface area contributed by atoms with Crippen molar-refractivity contribution < 1.29 is 0 Å². The van der Waals surface area contributed by atoms with Crippen molar-refractivity contribution in [2.45, 2.75) is 11.8 Å². The maximum absolute atomic E-state index is 6.05. The van der Waals surface area contributed by atoms with Gasteiger partial charge in [0, 0.05) is 17.1 Å². The van der Waals surface area contributed by atoms with Gasteiger partial charge < -0.3 is 0 Å². The van der Waals surface area contributed by atoms with Crippen molar-refractivity contribution in [3.63, 3.8) is 0 Å². The Morgan fingerprint density at radius 3 is 2.43 bits per heavy atom. The van der Waals surface area contributed by atoms with E-state index in [-0.39, 0.29) is 0 Å². The molecule has 1 aromatic heterocycles. The lowest BCUT2D eigenvalue weighted by Crippen LogP contribution is -2.05. The van der Waals surface area contributed by atoms with Crippen LogP contribution in [0.2, 0.25) is 5.02 Å². The van der Waals surface area contributed by atoms with Gasteiger partial charge in [-0.2, -0.15) is 0 Å². The highest BCUT2D eigenvalue weighted by atomic mass is 79.9. The van der Waals surface area contributed by atoms with Crippen LogP contribution in [0.5, 0.6) is 0 Å². The van der Waals surface area contributed by atoms with Crippen LogP contribution in [0.25, 0.3) is 5.69 Å². The molecule has 0 unspecified atom stereocenters. The van der Waals surface area contributed by atoms with E-state index in [1.165, 1.54) is 0 Å². The molecule has 3 aromatic rings. The third kappa shape index (κ3) is 3.17. The molecule has 1 heterocycles. The van der Waals surface area contributed by atoms with Gasteiger partial charge in [0.1, 0.15) is 11.6 Å². The summed E-state index contributed by atoms with van der Waals surface area (Å²) in [5, 5.41) is 9.98. The van der Waals surface area contributed by atoms with Crippen molar-refractivity contribution in [1.82, 2.24) is 14.8 Å². The van der Waals surface area contributed by atoms with Crippen LogP contribution in [0, 0.1) is 0 Å². The molecule has 0 aliphatic rings. The van der Waals surface area contributed by atoms with Crippen molar-refractivity contribution in [2.24, 2.45) is 0 Å². The lowest BCUT2D eigenvalue weighted by atomic mass is 10.1. The van der Waals surface area contributed by atoms with Gasteiger partial charge in [0.25, 0.3) is 0 Å². The van der Waals surface area contributed by atoms with Gasteiger partial charge in [0.05, 0.1) is 5.33 Å². The van der Waals surface area contributed by atoms with Crippen LogP contribution in [0.1, 0.15) is 17.2 Å². The monoisotopic (exact) mass is 361 g/mol. The number of rotatable bonds is 4. The molecule has 0 N–H and O–H groups in total. The zero-order chi connectivity index (χ0) is 14.7. The minimum absolute atomic E-state index is 0.657. The van der Waals surface area contributed by atoms with Crippen LogP contribution < -0.4 is 0 Å². The molecule has 3 nitrogen and oxygen atoms in total. The molecule has 0 radical (unpaired) electrons. The third-order valence-corrected chi connectivity index (χ3v) is 3.92. The Balaban J connectivity index is 2.02. The zero-order valence-corrected chi connectivity index (χ0v) is 13.5. The first-order valence-corrected chi connectivity index (χ1v) is 8.07. The first kappa shape index (κ1) is 14.3. The number of para-hydroxylation sites is 1. The van der Waals surface area contributed by atoms with Crippen molar-refractivity contribution >= 4 is 27.5 Å². The van der Waals surface area contributed by atoms with E-state index < -0.39 is 0 Å². The summed E-state index contributed by atoms with van der Waals surface area (Å²) in [6.45, 7) is 0. The Morgan fingerprint density at radius 2 is 1.71 bits per heavy atom. The summed E-state index contributed by atoms with van der Waals surface area (Å²) in [6, 6.07) is 17.9. The topological polar surface area (TPSA) is 30.7 Å². The van der Waals surface area contributed by atoms with Crippen LogP contribution in [0.3, 0.4) is 0 Å². The predicted octanol–water partition coefficient (Wildman–Crippen LogP) is 4.41. The van der Waals surface area contributed by atoms with Gasteiger partial charge in [-0.15, -0.1) is 10.2 Å². The second-order valence-corrected chi connectivity index (χ2v) is 5.64. The molecule has 3 rings (SSSR count). The molecule has 0 atom stereocenters. The Hall–Kier alpha value is -1.65. The molecular weight excluding hydrogens is 350 g/mol. The lowest BCUT2D eigenvalue weighted by molar-refractivity contribution is 0.888. The number of alkyl halides is 1. The number of nitrogens with zero attached hydrogens (tertiary/aromatic N) is 3.